The number of benzene rings is 1. The Morgan fingerprint density at radius 1 is 1.35 bits per heavy atom. The second-order valence-electron chi connectivity index (χ2n) is 6.05. The second kappa shape index (κ2) is 9.17. The summed E-state index contributed by atoms with van der Waals surface area (Å²) >= 11 is 0. The number of amides is 2. The minimum atomic E-state index is -0.427. The maximum atomic E-state index is 13.8. The summed E-state index contributed by atoms with van der Waals surface area (Å²) < 4.78 is 18.8. The number of imide groups is 1. The Labute approximate surface area is 152 Å². The zero-order chi connectivity index (χ0) is 19.1. The summed E-state index contributed by atoms with van der Waals surface area (Å²) in [4.78, 5) is 29.0. The van der Waals surface area contributed by atoms with Crippen molar-refractivity contribution in [1.82, 2.24) is 15.5 Å². The van der Waals surface area contributed by atoms with E-state index in [9.17, 15) is 14.0 Å². The Morgan fingerprint density at radius 3 is 2.62 bits per heavy atom. The molecule has 2 amide bonds. The van der Waals surface area contributed by atoms with Crippen LogP contribution in [0.2, 0.25) is 0 Å². The van der Waals surface area contributed by atoms with Gasteiger partial charge in [0.2, 0.25) is 11.8 Å². The number of piperidine rings is 1. The summed E-state index contributed by atoms with van der Waals surface area (Å²) in [6.45, 7) is 2.57. The molecule has 1 heterocycles. The number of carbonyl (C=O) groups is 2. The first-order chi connectivity index (χ1) is 12.5. The monoisotopic (exact) mass is 364 g/mol. The molecule has 0 saturated carbocycles. The van der Waals surface area contributed by atoms with Gasteiger partial charge in [-0.15, -0.1) is 0 Å². The third-order valence-corrected chi connectivity index (χ3v) is 4.26. The van der Waals surface area contributed by atoms with Crippen LogP contribution < -0.4 is 15.4 Å². The molecule has 1 atom stereocenters. The van der Waals surface area contributed by atoms with Crippen molar-refractivity contribution in [2.45, 2.75) is 32.2 Å². The zero-order valence-electron chi connectivity index (χ0n) is 15.3. The normalized spacial score (nSPS) is 16.5. The molecule has 0 aromatic heterocycles. The third-order valence-electron chi connectivity index (χ3n) is 4.26. The van der Waals surface area contributed by atoms with E-state index < -0.39 is 5.82 Å². The van der Waals surface area contributed by atoms with E-state index in [0.717, 1.165) is 5.56 Å². The highest BCUT2D eigenvalue weighted by molar-refractivity contribution is 5.97. The highest BCUT2D eigenvalue weighted by Gasteiger charge is 2.25. The van der Waals surface area contributed by atoms with Crippen LogP contribution in [-0.4, -0.2) is 49.9 Å². The number of ether oxygens (including phenoxy) is 1. The summed E-state index contributed by atoms with van der Waals surface area (Å²) in [7, 11) is 3.04. The first kappa shape index (κ1) is 19.7. The van der Waals surface area contributed by atoms with Crippen LogP contribution in [-0.2, 0) is 9.59 Å². The molecule has 2 rings (SSSR count). The van der Waals surface area contributed by atoms with Crippen molar-refractivity contribution in [2.75, 3.05) is 27.2 Å². The van der Waals surface area contributed by atoms with Crippen LogP contribution in [0.4, 0.5) is 4.39 Å². The molecule has 7 nitrogen and oxygen atoms in total. The van der Waals surface area contributed by atoms with E-state index >= 15 is 0 Å². The number of likely N-dealkylation sites (tertiary alicyclic amines) is 1. The Morgan fingerprint density at radius 2 is 2.04 bits per heavy atom. The molecule has 1 aliphatic heterocycles. The standard InChI is InChI=1S/C18H25FN4O3/c1-12(13-7-8-15(26-3)14(19)11-13)22-18(20-2)21-9-10-23-16(24)5-4-6-17(23)25/h7-8,11-12H,4-6,9-10H2,1-3H3,(H2,20,21,22). The number of nitrogens with zero attached hydrogens (tertiary/aromatic N) is 2. The van der Waals surface area contributed by atoms with Crippen molar-refractivity contribution in [3.05, 3.63) is 29.6 Å². The smallest absolute Gasteiger partial charge is 0.229 e. The number of methoxy groups -OCH3 is 1. The van der Waals surface area contributed by atoms with Gasteiger partial charge in [0.15, 0.2) is 17.5 Å². The zero-order valence-corrected chi connectivity index (χ0v) is 15.3. The van der Waals surface area contributed by atoms with Gasteiger partial charge in [0.25, 0.3) is 0 Å². The van der Waals surface area contributed by atoms with Gasteiger partial charge in [0.05, 0.1) is 13.2 Å². The Balaban J connectivity index is 1.87. The summed E-state index contributed by atoms with van der Waals surface area (Å²) in [5.74, 6) is 0.00909. The predicted octanol–water partition coefficient (Wildman–Crippen LogP) is 1.60. The van der Waals surface area contributed by atoms with Crippen LogP contribution in [0, 0.1) is 5.82 Å². The molecule has 1 unspecified atom stereocenters. The lowest BCUT2D eigenvalue weighted by atomic mass is 10.1. The van der Waals surface area contributed by atoms with Crippen LogP contribution in [0.5, 0.6) is 5.75 Å². The van der Waals surface area contributed by atoms with Crippen molar-refractivity contribution < 1.29 is 18.7 Å². The van der Waals surface area contributed by atoms with Crippen molar-refractivity contribution in [2.24, 2.45) is 4.99 Å². The fraction of sp³-hybridized carbons (Fsp3) is 0.500. The first-order valence-corrected chi connectivity index (χ1v) is 8.60. The van der Waals surface area contributed by atoms with Crippen molar-refractivity contribution >= 4 is 17.8 Å². The summed E-state index contributed by atoms with van der Waals surface area (Å²) in [6.07, 6.45) is 1.46. The highest BCUT2D eigenvalue weighted by atomic mass is 19.1. The first-order valence-electron chi connectivity index (χ1n) is 8.60. The quantitative estimate of drug-likeness (QED) is 0.455. The minimum Gasteiger partial charge on any atom is -0.494 e. The van der Waals surface area contributed by atoms with E-state index in [0.29, 0.717) is 38.3 Å². The van der Waals surface area contributed by atoms with Crippen molar-refractivity contribution in [3.63, 3.8) is 0 Å². The highest BCUT2D eigenvalue weighted by Crippen LogP contribution is 2.21. The van der Waals surface area contributed by atoms with Gasteiger partial charge in [-0.1, -0.05) is 6.07 Å². The van der Waals surface area contributed by atoms with Crippen molar-refractivity contribution in [1.29, 1.82) is 0 Å². The third kappa shape index (κ3) is 4.93. The summed E-state index contributed by atoms with van der Waals surface area (Å²) in [5, 5.41) is 6.22. The van der Waals surface area contributed by atoms with E-state index in [1.54, 1.807) is 19.2 Å². The van der Waals surface area contributed by atoms with Gasteiger partial charge in [0, 0.05) is 33.0 Å². The number of aliphatic imine (C=N–C) groups is 1. The lowest BCUT2D eigenvalue weighted by Crippen LogP contribution is -2.46. The Hall–Kier alpha value is -2.64. The van der Waals surface area contributed by atoms with Gasteiger partial charge >= 0.3 is 0 Å². The van der Waals surface area contributed by atoms with Crippen LogP contribution in [0.25, 0.3) is 0 Å². The maximum Gasteiger partial charge on any atom is 0.229 e. The van der Waals surface area contributed by atoms with Gasteiger partial charge in [0.1, 0.15) is 0 Å². The average Bonchev–Trinajstić information content (AvgIpc) is 2.62. The van der Waals surface area contributed by atoms with Gasteiger partial charge in [-0.2, -0.15) is 0 Å². The van der Waals surface area contributed by atoms with E-state index in [-0.39, 0.29) is 23.6 Å². The molecule has 1 aromatic rings. The summed E-state index contributed by atoms with van der Waals surface area (Å²) in [6, 6.07) is 4.57. The molecule has 1 fully saturated rings. The molecule has 1 aliphatic rings. The van der Waals surface area contributed by atoms with Gasteiger partial charge in [-0.3, -0.25) is 19.5 Å². The molecule has 0 aliphatic carbocycles. The molecular weight excluding hydrogens is 339 g/mol. The number of carbonyl (C=O) groups excluding carboxylic acids is 2. The topological polar surface area (TPSA) is 83.0 Å². The molecule has 0 radical (unpaired) electrons. The fourth-order valence-electron chi connectivity index (χ4n) is 2.77. The molecular formula is C18H25FN4O3. The molecule has 0 bridgehead atoms. The molecule has 2 N–H and O–H groups in total. The fourth-order valence-corrected chi connectivity index (χ4v) is 2.77. The Kier molecular flexibility index (Phi) is 6.94. The molecule has 1 saturated heterocycles. The van der Waals surface area contributed by atoms with Crippen LogP contribution in [0.15, 0.2) is 23.2 Å². The van der Waals surface area contributed by atoms with Gasteiger partial charge in [-0.25, -0.2) is 4.39 Å². The summed E-state index contributed by atoms with van der Waals surface area (Å²) in [5.41, 5.74) is 0.743. The second-order valence-corrected chi connectivity index (χ2v) is 6.05. The van der Waals surface area contributed by atoms with E-state index in [2.05, 4.69) is 15.6 Å². The predicted molar refractivity (Wildman–Crippen MR) is 96.4 cm³/mol. The van der Waals surface area contributed by atoms with Crippen LogP contribution in [0.3, 0.4) is 0 Å². The Bertz CT molecular complexity index is 677. The number of guanidine groups is 1. The minimum absolute atomic E-state index is 0.131. The average molecular weight is 364 g/mol. The molecule has 1 aromatic carbocycles. The molecule has 142 valence electrons. The van der Waals surface area contributed by atoms with E-state index in [1.165, 1.54) is 18.1 Å². The number of rotatable bonds is 6. The van der Waals surface area contributed by atoms with Crippen LogP contribution in [0.1, 0.15) is 37.8 Å². The van der Waals surface area contributed by atoms with Crippen LogP contribution >= 0.6 is 0 Å². The lowest BCUT2D eigenvalue weighted by Gasteiger charge is -2.25. The van der Waals surface area contributed by atoms with Gasteiger partial charge in [-0.05, 0) is 31.0 Å². The largest absolute Gasteiger partial charge is 0.494 e. The van der Waals surface area contributed by atoms with Gasteiger partial charge < -0.3 is 15.4 Å². The van der Waals surface area contributed by atoms with E-state index in [4.69, 9.17) is 4.74 Å². The lowest BCUT2D eigenvalue weighted by molar-refractivity contribution is -0.147. The number of hydrogen-bond acceptors (Lipinski definition) is 4. The number of halogens is 1. The molecule has 26 heavy (non-hydrogen) atoms. The SMILES string of the molecule is CN=C(NCCN1C(=O)CCCC1=O)NC(C)c1ccc(OC)c(F)c1. The molecule has 8 heteroatoms. The molecule has 0 spiro atoms. The maximum absolute atomic E-state index is 13.8. The number of hydrogen-bond donors (Lipinski definition) is 2. The van der Waals surface area contributed by atoms with E-state index in [1.807, 2.05) is 6.92 Å². The van der Waals surface area contributed by atoms with Crippen molar-refractivity contribution in [3.8, 4) is 5.75 Å². The number of nitrogens with one attached hydrogen (secondary N) is 2.